The average Bonchev–Trinajstić information content (AvgIpc) is 1.60. The largest absolute Gasteiger partial charge is 0.502 e. The highest BCUT2D eigenvalue weighted by molar-refractivity contribution is 7.51. The van der Waals surface area contributed by atoms with E-state index in [0.29, 0.717) is 5.39 Å². The first kappa shape index (κ1) is 75.1. The molecule has 6 N–H and O–H groups in total. The van der Waals surface area contributed by atoms with Crippen LogP contribution in [0.4, 0.5) is 0 Å². The molecule has 8 aliphatic heterocycles. The second-order valence-electron chi connectivity index (χ2n) is 22.1. The lowest BCUT2D eigenvalue weighted by Crippen LogP contribution is -2.50. The van der Waals surface area contributed by atoms with Gasteiger partial charge in [-0.25, -0.2) is 49.2 Å². The number of benzene rings is 1. The van der Waals surface area contributed by atoms with Gasteiger partial charge in [0.1, 0.15) is 65.1 Å². The van der Waals surface area contributed by atoms with Gasteiger partial charge in [0.2, 0.25) is 0 Å². The molecule has 40 nitrogen and oxygen atoms in total. The van der Waals surface area contributed by atoms with Crippen molar-refractivity contribution in [2.24, 2.45) is 0 Å². The first-order valence-electron chi connectivity index (χ1n) is 28.3. The number of hydrogen-bond donors (Lipinski definition) is 6. The van der Waals surface area contributed by atoms with Gasteiger partial charge in [0, 0.05) is 93.0 Å². The van der Waals surface area contributed by atoms with Crippen LogP contribution in [0.2, 0.25) is 0 Å². The van der Waals surface area contributed by atoms with Gasteiger partial charge >= 0.3 is 36.9 Å². The third-order valence-corrected chi connectivity index (χ3v) is 21.2. The molecule has 0 radical (unpaired) electrons. The maximum atomic E-state index is 13.0. The number of aromatic amines is 1. The Morgan fingerprint density at radius 1 is 0.505 bits per heavy atom. The molecule has 8 aliphatic rings. The van der Waals surface area contributed by atoms with E-state index in [1.54, 1.807) is 42.7 Å². The van der Waals surface area contributed by atoms with Gasteiger partial charge in [-0.3, -0.25) is 64.7 Å². The molecule has 95 heavy (non-hydrogen) atoms. The van der Waals surface area contributed by atoms with Gasteiger partial charge in [0.05, 0.1) is 65.0 Å². The topological polar surface area (TPSA) is 472 Å². The fraction of sp³-hybridized carbons (Fsp3) is 0.647. The first-order valence-corrected chi connectivity index (χ1v) is 34.3. The Labute approximate surface area is 538 Å². The molecule has 0 saturated carbocycles. The van der Waals surface area contributed by atoms with E-state index in [0.717, 1.165) is 38.4 Å². The van der Waals surface area contributed by atoms with Crippen molar-refractivity contribution in [2.45, 2.75) is 103 Å². The van der Waals surface area contributed by atoms with E-state index in [9.17, 15) is 37.4 Å². The van der Waals surface area contributed by atoms with E-state index in [4.69, 9.17) is 91.4 Å². The van der Waals surface area contributed by atoms with E-state index >= 15 is 0 Å². The molecule has 0 aliphatic carbocycles. The number of H-pyrrole nitrogens is 1. The summed E-state index contributed by atoms with van der Waals surface area (Å²) in [6.07, 6.45) is -3.73. The second-order valence-corrected chi connectivity index (χ2v) is 28.8. The molecule has 4 aromatic rings. The van der Waals surface area contributed by atoms with Crippen LogP contribution in [0.3, 0.4) is 0 Å². The highest BCUT2D eigenvalue weighted by Crippen LogP contribution is 2.59. The molecule has 1 aromatic carbocycles. The van der Waals surface area contributed by atoms with E-state index < -0.39 is 132 Å². The van der Waals surface area contributed by atoms with Gasteiger partial charge in [-0.05, 0) is 30.5 Å². The van der Waals surface area contributed by atoms with Crippen molar-refractivity contribution in [1.29, 1.82) is 0 Å². The molecule has 0 spiro atoms. The Hall–Kier alpha value is -4.14. The zero-order valence-electron chi connectivity index (χ0n) is 52.1. The third-order valence-electron chi connectivity index (χ3n) is 16.5. The number of rotatable bonds is 27. The predicted molar refractivity (Wildman–Crippen MR) is 313 cm³/mol. The summed E-state index contributed by atoms with van der Waals surface area (Å²) in [5.41, 5.74) is -6.03. The smallest absolute Gasteiger partial charge is 0.382 e. The van der Waals surface area contributed by atoms with E-state index in [2.05, 4.69) is 46.9 Å². The molecule has 8 bridgehead atoms. The number of aromatic nitrogens is 4. The van der Waals surface area contributed by atoms with Gasteiger partial charge in [0.15, 0.2) is 18.7 Å². The normalized spacial score (nSPS) is 34.7. The van der Waals surface area contributed by atoms with Crippen molar-refractivity contribution >= 4 is 42.0 Å². The van der Waals surface area contributed by atoms with Crippen LogP contribution in [-0.4, -0.2) is 227 Å². The zero-order chi connectivity index (χ0) is 68.9. The van der Waals surface area contributed by atoms with Gasteiger partial charge in [-0.15, -0.1) is 18.7 Å². The van der Waals surface area contributed by atoms with Crippen LogP contribution in [0.15, 0.2) is 92.4 Å². The average molecular weight is 1440 g/mol. The molecule has 4 unspecified atom stereocenters. The number of nitrogens with zero attached hydrogens (tertiary/aromatic N) is 3. The molecular formula is C51H73N5O35P4. The number of phosphoric ester groups is 3. The van der Waals surface area contributed by atoms with Crippen LogP contribution in [0.5, 0.6) is 0 Å². The minimum atomic E-state index is -4.25. The van der Waals surface area contributed by atoms with Gasteiger partial charge in [-0.1, -0.05) is 24.3 Å². The number of ether oxygens (including phenoxy) is 12. The van der Waals surface area contributed by atoms with Crippen LogP contribution < -0.4 is 27.5 Å². The van der Waals surface area contributed by atoms with Crippen LogP contribution in [0.1, 0.15) is 25.6 Å². The van der Waals surface area contributed by atoms with Gasteiger partial charge in [0.25, 0.3) is 16.7 Å². The number of fused-ring (bicyclic) bond motifs is 9. The quantitative estimate of drug-likeness (QED) is 0.0284. The molecule has 44 heteroatoms. The summed E-state index contributed by atoms with van der Waals surface area (Å²) < 4.78 is 170. The van der Waals surface area contributed by atoms with Crippen molar-refractivity contribution in [3.63, 3.8) is 0 Å². The molecule has 11 heterocycles. The lowest BCUT2D eigenvalue weighted by atomic mass is 9.98. The summed E-state index contributed by atoms with van der Waals surface area (Å²) in [4.78, 5) is 50.4. The Kier molecular flexibility index (Phi) is 24.3. The highest BCUT2D eigenvalue weighted by atomic mass is 31.2. The molecule has 20 atom stereocenters. The monoisotopic (exact) mass is 1440 g/mol. The number of methoxy groups -OCH3 is 4. The maximum Gasteiger partial charge on any atom is 0.502 e. The first-order chi connectivity index (χ1) is 45.3. The Balaban J connectivity index is 0.000000151. The van der Waals surface area contributed by atoms with Crippen molar-refractivity contribution in [3.05, 3.63) is 115 Å². The summed E-state index contributed by atoms with van der Waals surface area (Å²) in [5.74, 6) is 0. The molecule has 12 rings (SSSR count). The molecule has 0 amide bonds. The number of nitrogens with one attached hydrogen (secondary N) is 2. The van der Waals surface area contributed by atoms with Gasteiger partial charge in [-0.2, -0.15) is 0 Å². The minimum absolute atomic E-state index is 0.0438. The van der Waals surface area contributed by atoms with E-state index in [1.807, 2.05) is 19.1 Å². The molecular weight excluding hydrogens is 1370 g/mol. The lowest BCUT2D eigenvalue weighted by molar-refractivity contribution is -0.193. The molecule has 8 fully saturated rings. The number of pyridine rings is 2. The van der Waals surface area contributed by atoms with E-state index in [-0.39, 0.29) is 70.1 Å². The fourth-order valence-corrected chi connectivity index (χ4v) is 15.6. The molecule has 3 aromatic heterocycles. The van der Waals surface area contributed by atoms with Crippen molar-refractivity contribution in [2.75, 3.05) is 110 Å². The number of phosphoric acid groups is 3. The predicted octanol–water partition coefficient (Wildman–Crippen LogP) is 2.60. The Bertz CT molecular complexity index is 3700. The lowest BCUT2D eigenvalue weighted by Gasteiger charge is -2.31. The van der Waals surface area contributed by atoms with Gasteiger partial charge < -0.3 is 56.8 Å². The van der Waals surface area contributed by atoms with Crippen LogP contribution in [-0.2, 0) is 125 Å². The summed E-state index contributed by atoms with van der Waals surface area (Å²) >= 11 is 0. The summed E-state index contributed by atoms with van der Waals surface area (Å²) in [5, 5.41) is 39.0. The van der Waals surface area contributed by atoms with E-state index in [1.165, 1.54) is 55.9 Å². The number of hydrogen-bond acceptors (Lipinski definition) is 35. The Morgan fingerprint density at radius 2 is 0.947 bits per heavy atom. The summed E-state index contributed by atoms with van der Waals surface area (Å²) in [6, 6.07) is 14.0. The Morgan fingerprint density at radius 3 is 1.43 bits per heavy atom. The van der Waals surface area contributed by atoms with Crippen molar-refractivity contribution < 1.29 is 146 Å². The fourth-order valence-electron chi connectivity index (χ4n) is 12.3. The minimum Gasteiger partial charge on any atom is -0.382 e. The van der Waals surface area contributed by atoms with Crippen molar-refractivity contribution in [1.82, 2.24) is 23.8 Å². The molecule has 532 valence electrons. The highest BCUT2D eigenvalue weighted by Gasteiger charge is 2.68. The standard InChI is InChI=1S/C17H20NO9P.C13H18NO9P.C12H18N3O9P.C9H17O8P/c1-22-9-17-10-24-13(14(17)26-28(21,23-2)27-20)16(25-17)18-8-7-11-5-3-4-6-12(11)15(18)19;1-18-7-13-8-20-10(11(13)22-24(17,19-2)23-16)12(21-13)14-6-4-3-5-9(14)15;1-20-5-12-6-22-8(9(12)14-25(19,21-2)24-18)10(23-12)15-4-3-7(16)13-11(15)17;1-6-7-8(16-18(11,13-3)17-10)9(15-6,4-12-2)5-14-7/h3-8,13-14,16,20H,9-10H2,1-2H3;3-6,10-12,16H,7-8H2,1-2H3;3-4,8-10,18H,5-6H2,1-2H3,(H,14,19)(H,13,16,17);6-8,10H,4-5H2,1-3H3/t13-,14-,16+,17-,28?;10-,11-,12+,13-,24?;8-,9-,10+,12-,25?;6-,7+,8-,9-,18?/m0000/s1. The van der Waals surface area contributed by atoms with Crippen molar-refractivity contribution in [3.8, 4) is 0 Å². The van der Waals surface area contributed by atoms with Crippen LogP contribution >= 0.6 is 31.2 Å². The van der Waals surface area contributed by atoms with Crippen LogP contribution in [0, 0.1) is 0 Å². The third kappa shape index (κ3) is 14.9. The summed E-state index contributed by atoms with van der Waals surface area (Å²) in [6.45, 7) is 2.72. The summed E-state index contributed by atoms with van der Waals surface area (Å²) in [7, 11) is -6.26. The SMILES string of the molecule is COC[C@@]12CO[C@H]([C@H](C)O1)[C@@H]2OP(=O)(OC)OO.COC[C@@]12CO[C@H]([C@H](n3ccc(=O)[nH]c3=O)O1)[C@@H]2NP(=O)(OC)OO.COC[C@@]12CO[C@H]([C@H](n3ccc4ccccc4c3=O)O1)[C@@H]2OP(=O)(OC)OO.COC[C@@]12CO[C@H]([C@H](n3ccccc3=O)O1)[C@@H]2OP(=O)(OC)OO. The zero-order valence-corrected chi connectivity index (χ0v) is 55.7. The van der Waals surface area contributed by atoms with Crippen LogP contribution in [0.25, 0.3) is 10.8 Å². The second kappa shape index (κ2) is 30.8. The molecule has 8 saturated heterocycles. The maximum absolute atomic E-state index is 13.0.